The lowest BCUT2D eigenvalue weighted by Gasteiger charge is -2.21. The third kappa shape index (κ3) is 5.20. The molecule has 1 heterocycles. The van der Waals surface area contributed by atoms with Crippen molar-refractivity contribution in [2.75, 3.05) is 28.7 Å². The van der Waals surface area contributed by atoms with Crippen molar-refractivity contribution in [1.82, 2.24) is 4.68 Å². The molecule has 0 saturated heterocycles. The van der Waals surface area contributed by atoms with E-state index < -0.39 is 17.4 Å². The number of benzene rings is 3. The van der Waals surface area contributed by atoms with E-state index in [2.05, 4.69) is 29.5 Å². The maximum absolute atomic E-state index is 13.1. The van der Waals surface area contributed by atoms with Gasteiger partial charge >= 0.3 is 0 Å². The molecule has 8 heteroatoms. The minimum atomic E-state index is -0.463. The lowest BCUT2D eigenvalue weighted by atomic mass is 10.1. The molecule has 0 spiro atoms. The predicted octanol–water partition coefficient (Wildman–Crippen LogP) is 5.14. The molecular formula is C27H25ClN4O3. The maximum Gasteiger partial charge on any atom is 0.277 e. The van der Waals surface area contributed by atoms with Crippen molar-refractivity contribution < 1.29 is 9.59 Å². The SMILES string of the molecule is CCN(CC)c1ccc(C(=O)Nn2cc(C(=O)Nc3cccc(Cl)c3)c3ccccc3c2=O)cc1. The number of nitrogens with zero attached hydrogens (tertiary/aromatic N) is 2. The van der Waals surface area contributed by atoms with Crippen LogP contribution in [-0.4, -0.2) is 29.6 Å². The van der Waals surface area contributed by atoms with Gasteiger partial charge in [-0.25, -0.2) is 4.68 Å². The second-order valence-corrected chi connectivity index (χ2v) is 8.32. The highest BCUT2D eigenvalue weighted by Gasteiger charge is 2.17. The van der Waals surface area contributed by atoms with Crippen molar-refractivity contribution in [3.63, 3.8) is 0 Å². The predicted molar refractivity (Wildman–Crippen MR) is 141 cm³/mol. The van der Waals surface area contributed by atoms with Gasteiger partial charge in [0, 0.05) is 52.0 Å². The highest BCUT2D eigenvalue weighted by molar-refractivity contribution is 6.31. The van der Waals surface area contributed by atoms with Gasteiger partial charge in [-0.05, 0) is 62.4 Å². The van der Waals surface area contributed by atoms with Crippen LogP contribution in [-0.2, 0) is 0 Å². The van der Waals surface area contributed by atoms with Crippen LogP contribution >= 0.6 is 11.6 Å². The second kappa shape index (κ2) is 10.4. The lowest BCUT2D eigenvalue weighted by Crippen LogP contribution is -2.34. The first-order valence-corrected chi connectivity index (χ1v) is 11.7. The van der Waals surface area contributed by atoms with E-state index in [0.717, 1.165) is 23.5 Å². The molecule has 0 bridgehead atoms. The van der Waals surface area contributed by atoms with Gasteiger partial charge in [-0.1, -0.05) is 35.9 Å². The molecule has 35 heavy (non-hydrogen) atoms. The van der Waals surface area contributed by atoms with E-state index in [1.54, 1.807) is 60.7 Å². The summed E-state index contributed by atoms with van der Waals surface area (Å²) in [5.74, 6) is -0.898. The van der Waals surface area contributed by atoms with Gasteiger partial charge in [-0.3, -0.25) is 19.8 Å². The number of hydrogen-bond donors (Lipinski definition) is 2. The van der Waals surface area contributed by atoms with E-state index >= 15 is 0 Å². The largest absolute Gasteiger partial charge is 0.372 e. The number of carbonyl (C=O) groups excluding carboxylic acids is 2. The fourth-order valence-corrected chi connectivity index (χ4v) is 4.10. The van der Waals surface area contributed by atoms with Crippen molar-refractivity contribution >= 4 is 45.6 Å². The first-order valence-electron chi connectivity index (χ1n) is 11.3. The van der Waals surface area contributed by atoms with Gasteiger partial charge in [0.1, 0.15) is 0 Å². The van der Waals surface area contributed by atoms with Crippen LogP contribution in [0.3, 0.4) is 0 Å². The van der Waals surface area contributed by atoms with Gasteiger partial charge in [0.2, 0.25) is 0 Å². The van der Waals surface area contributed by atoms with Gasteiger partial charge in [-0.2, -0.15) is 0 Å². The molecule has 0 fully saturated rings. The highest BCUT2D eigenvalue weighted by Crippen LogP contribution is 2.20. The molecule has 4 rings (SSSR count). The minimum Gasteiger partial charge on any atom is -0.372 e. The molecule has 2 N–H and O–H groups in total. The molecule has 0 aliphatic rings. The molecule has 0 aliphatic heterocycles. The average Bonchev–Trinajstić information content (AvgIpc) is 2.87. The van der Waals surface area contributed by atoms with Crippen LogP contribution in [0.4, 0.5) is 11.4 Å². The van der Waals surface area contributed by atoms with Crippen LogP contribution in [0.15, 0.2) is 83.8 Å². The summed E-state index contributed by atoms with van der Waals surface area (Å²) >= 11 is 6.03. The summed E-state index contributed by atoms with van der Waals surface area (Å²) < 4.78 is 1.05. The Morgan fingerprint density at radius 2 is 1.57 bits per heavy atom. The smallest absolute Gasteiger partial charge is 0.277 e. The summed E-state index contributed by atoms with van der Waals surface area (Å²) in [7, 11) is 0. The van der Waals surface area contributed by atoms with E-state index in [0.29, 0.717) is 27.0 Å². The van der Waals surface area contributed by atoms with Crippen molar-refractivity contribution in [3.8, 4) is 0 Å². The van der Waals surface area contributed by atoms with E-state index in [1.807, 2.05) is 12.1 Å². The Morgan fingerprint density at radius 3 is 2.23 bits per heavy atom. The summed E-state index contributed by atoms with van der Waals surface area (Å²) in [5.41, 5.74) is 4.33. The van der Waals surface area contributed by atoms with Crippen LogP contribution in [0.2, 0.25) is 5.02 Å². The summed E-state index contributed by atoms with van der Waals surface area (Å²) in [4.78, 5) is 41.3. The van der Waals surface area contributed by atoms with Crippen LogP contribution in [0, 0.1) is 0 Å². The zero-order valence-corrected chi connectivity index (χ0v) is 20.2. The zero-order chi connectivity index (χ0) is 24.9. The minimum absolute atomic E-state index is 0.234. The van der Waals surface area contributed by atoms with Crippen molar-refractivity contribution in [1.29, 1.82) is 0 Å². The number of nitrogens with one attached hydrogen (secondary N) is 2. The molecule has 0 atom stereocenters. The molecule has 0 saturated carbocycles. The number of rotatable bonds is 7. The summed E-state index contributed by atoms with van der Waals surface area (Å²) in [6.45, 7) is 5.84. The number of halogens is 1. The molecule has 7 nitrogen and oxygen atoms in total. The Hall–Kier alpha value is -4.10. The van der Waals surface area contributed by atoms with Gasteiger partial charge < -0.3 is 10.2 Å². The van der Waals surface area contributed by atoms with Crippen LogP contribution in [0.25, 0.3) is 10.8 Å². The first kappa shape index (κ1) is 24.0. The number of pyridine rings is 1. The van der Waals surface area contributed by atoms with Crippen molar-refractivity contribution in [3.05, 3.63) is 105 Å². The second-order valence-electron chi connectivity index (χ2n) is 7.89. The summed E-state index contributed by atoms with van der Waals surface area (Å²) in [6, 6.07) is 20.7. The quantitative estimate of drug-likeness (QED) is 0.377. The molecule has 0 aliphatic carbocycles. The Balaban J connectivity index is 1.66. The van der Waals surface area contributed by atoms with Gasteiger partial charge in [0.25, 0.3) is 17.4 Å². The first-order chi connectivity index (χ1) is 16.9. The van der Waals surface area contributed by atoms with Crippen molar-refractivity contribution in [2.24, 2.45) is 0 Å². The highest BCUT2D eigenvalue weighted by atomic mass is 35.5. The van der Waals surface area contributed by atoms with Crippen LogP contribution in [0.5, 0.6) is 0 Å². The van der Waals surface area contributed by atoms with E-state index in [4.69, 9.17) is 11.6 Å². The normalized spacial score (nSPS) is 10.7. The molecule has 1 aromatic heterocycles. The number of anilines is 2. The molecular weight excluding hydrogens is 464 g/mol. The number of aromatic nitrogens is 1. The topological polar surface area (TPSA) is 83.4 Å². The van der Waals surface area contributed by atoms with Crippen LogP contribution < -0.4 is 21.2 Å². The van der Waals surface area contributed by atoms with Crippen LogP contribution in [0.1, 0.15) is 34.6 Å². The number of amides is 2. The number of fused-ring (bicyclic) bond motifs is 1. The van der Waals surface area contributed by atoms with E-state index in [-0.39, 0.29) is 5.56 Å². The number of carbonyl (C=O) groups is 2. The van der Waals surface area contributed by atoms with Crippen molar-refractivity contribution in [2.45, 2.75) is 13.8 Å². The molecule has 2 amide bonds. The standard InChI is InChI=1S/C27H25ClN4O3/c1-3-31(4-2)21-14-12-18(13-15-21)25(33)30-32-17-24(22-10-5-6-11-23(22)27(32)35)26(34)29-20-9-7-8-19(28)16-20/h5-17H,3-4H2,1-2H3,(H,29,34)(H,30,33). The Kier molecular flexibility index (Phi) is 7.17. The summed E-state index contributed by atoms with van der Waals surface area (Å²) in [5, 5.41) is 4.06. The Bertz CT molecular complexity index is 1440. The third-order valence-electron chi connectivity index (χ3n) is 5.73. The molecule has 4 aromatic rings. The average molecular weight is 489 g/mol. The monoisotopic (exact) mass is 488 g/mol. The molecule has 3 aromatic carbocycles. The van der Waals surface area contributed by atoms with E-state index in [9.17, 15) is 14.4 Å². The molecule has 0 unspecified atom stereocenters. The maximum atomic E-state index is 13.1. The van der Waals surface area contributed by atoms with Gasteiger partial charge in [0.05, 0.1) is 5.56 Å². The summed E-state index contributed by atoms with van der Waals surface area (Å²) in [6.07, 6.45) is 1.34. The Labute approximate surface area is 207 Å². The lowest BCUT2D eigenvalue weighted by molar-refractivity contribution is 0.0999. The molecule has 0 radical (unpaired) electrons. The van der Waals surface area contributed by atoms with Gasteiger partial charge in [-0.15, -0.1) is 0 Å². The van der Waals surface area contributed by atoms with E-state index in [1.165, 1.54) is 6.20 Å². The molecule has 178 valence electrons. The fourth-order valence-electron chi connectivity index (χ4n) is 3.91. The third-order valence-corrected chi connectivity index (χ3v) is 5.97. The number of hydrogen-bond acceptors (Lipinski definition) is 4. The zero-order valence-electron chi connectivity index (χ0n) is 19.4. The fraction of sp³-hybridized carbons (Fsp3) is 0.148. The Morgan fingerprint density at radius 1 is 0.886 bits per heavy atom. The van der Waals surface area contributed by atoms with Gasteiger partial charge in [0.15, 0.2) is 0 Å².